The second kappa shape index (κ2) is 7.40. The van der Waals surface area contributed by atoms with Crippen LogP contribution in [0.25, 0.3) is 11.4 Å². The number of hydrogen-bond donors (Lipinski definition) is 1. The number of carbonyl (C=O) groups is 1. The highest BCUT2D eigenvalue weighted by molar-refractivity contribution is 7.99. The number of aromatic nitrogens is 4. The van der Waals surface area contributed by atoms with Gasteiger partial charge in [0.1, 0.15) is 0 Å². The van der Waals surface area contributed by atoms with Gasteiger partial charge >= 0.3 is 0 Å². The fraction of sp³-hybridized carbons (Fsp3) is 0.467. The lowest BCUT2D eigenvalue weighted by Crippen LogP contribution is -2.37. The van der Waals surface area contributed by atoms with E-state index in [2.05, 4.69) is 34.3 Å². The predicted molar refractivity (Wildman–Crippen MR) is 87.4 cm³/mol. The second-order valence-electron chi connectivity index (χ2n) is 5.49. The minimum Gasteiger partial charge on any atom is -0.353 e. The smallest absolute Gasteiger partial charge is 0.230 e. The molecule has 1 amide bonds. The predicted octanol–water partition coefficient (Wildman–Crippen LogP) is 2.13. The van der Waals surface area contributed by atoms with Crippen LogP contribution in [0.3, 0.4) is 0 Å². The van der Waals surface area contributed by atoms with Gasteiger partial charge in [0.05, 0.1) is 5.75 Å². The van der Waals surface area contributed by atoms with Gasteiger partial charge in [0.2, 0.25) is 5.91 Å². The number of nitrogens with zero attached hydrogens (tertiary/aromatic N) is 4. The van der Waals surface area contributed by atoms with Crippen molar-refractivity contribution < 1.29 is 4.79 Å². The quantitative estimate of drug-likeness (QED) is 0.826. The Hall–Kier alpha value is -1.89. The monoisotopic (exact) mass is 319 g/mol. The van der Waals surface area contributed by atoms with Gasteiger partial charge in [-0.25, -0.2) is 0 Å². The third-order valence-electron chi connectivity index (χ3n) is 3.49. The van der Waals surface area contributed by atoms with Gasteiger partial charge in [-0.1, -0.05) is 25.6 Å². The highest BCUT2D eigenvalue weighted by Crippen LogP contribution is 2.21. The molecule has 2 rings (SSSR count). The fourth-order valence-corrected chi connectivity index (χ4v) is 2.51. The lowest BCUT2D eigenvalue weighted by molar-refractivity contribution is -0.119. The highest BCUT2D eigenvalue weighted by Gasteiger charge is 2.14. The molecule has 0 bridgehead atoms. The first kappa shape index (κ1) is 16.5. The molecular weight excluding hydrogens is 298 g/mol. The Balaban J connectivity index is 1.97. The Bertz CT molecular complexity index is 626. The van der Waals surface area contributed by atoms with Crippen molar-refractivity contribution in [3.8, 4) is 11.4 Å². The van der Waals surface area contributed by atoms with E-state index in [9.17, 15) is 4.79 Å². The van der Waals surface area contributed by atoms with E-state index in [1.165, 1.54) is 11.8 Å². The maximum atomic E-state index is 11.9. The van der Waals surface area contributed by atoms with Gasteiger partial charge in [0.15, 0.2) is 11.0 Å². The second-order valence-corrected chi connectivity index (χ2v) is 6.43. The lowest BCUT2D eigenvalue weighted by Gasteiger charge is -2.17. The SMILES string of the molecule is CC(C)[C@H](C)NC(=O)CSc1nnc(-c2ccncc2)n1C. The number of carbonyl (C=O) groups excluding carboxylic acids is 1. The van der Waals surface area contributed by atoms with Crippen molar-refractivity contribution in [1.82, 2.24) is 25.1 Å². The summed E-state index contributed by atoms with van der Waals surface area (Å²) >= 11 is 1.39. The number of rotatable bonds is 6. The molecule has 118 valence electrons. The van der Waals surface area contributed by atoms with Crippen LogP contribution in [0, 0.1) is 5.92 Å². The normalized spacial score (nSPS) is 12.4. The number of nitrogens with one attached hydrogen (secondary N) is 1. The van der Waals surface area contributed by atoms with Gasteiger partial charge in [-0.3, -0.25) is 9.78 Å². The minimum atomic E-state index is 0.0136. The fourth-order valence-electron chi connectivity index (χ4n) is 1.79. The van der Waals surface area contributed by atoms with Crippen molar-refractivity contribution >= 4 is 17.7 Å². The van der Waals surface area contributed by atoms with Gasteiger partial charge in [-0.15, -0.1) is 10.2 Å². The van der Waals surface area contributed by atoms with Crippen LogP contribution in [-0.2, 0) is 11.8 Å². The number of amides is 1. The molecule has 1 N–H and O–H groups in total. The van der Waals surface area contributed by atoms with Crippen molar-refractivity contribution in [2.45, 2.75) is 32.0 Å². The first-order valence-corrected chi connectivity index (χ1v) is 8.19. The van der Waals surface area contributed by atoms with Crippen LogP contribution < -0.4 is 5.32 Å². The summed E-state index contributed by atoms with van der Waals surface area (Å²) in [5.74, 6) is 1.53. The van der Waals surface area contributed by atoms with Gasteiger partial charge in [-0.05, 0) is 25.0 Å². The summed E-state index contributed by atoms with van der Waals surface area (Å²) in [4.78, 5) is 15.9. The molecule has 0 unspecified atom stereocenters. The zero-order valence-corrected chi connectivity index (χ0v) is 14.1. The van der Waals surface area contributed by atoms with Crippen LogP contribution >= 0.6 is 11.8 Å². The first-order valence-electron chi connectivity index (χ1n) is 7.21. The van der Waals surface area contributed by atoms with Crippen LogP contribution in [-0.4, -0.2) is 37.5 Å². The topological polar surface area (TPSA) is 72.7 Å². The van der Waals surface area contributed by atoms with Crippen LogP contribution in [0.15, 0.2) is 29.7 Å². The molecular formula is C15H21N5OS. The molecule has 6 nitrogen and oxygen atoms in total. The first-order chi connectivity index (χ1) is 10.5. The summed E-state index contributed by atoms with van der Waals surface area (Å²) in [6.07, 6.45) is 3.44. The maximum absolute atomic E-state index is 11.9. The van der Waals surface area contributed by atoms with Crippen LogP contribution in [0.5, 0.6) is 0 Å². The summed E-state index contributed by atoms with van der Waals surface area (Å²) in [5, 5.41) is 12.0. The Morgan fingerprint density at radius 2 is 1.95 bits per heavy atom. The van der Waals surface area contributed by atoms with Crippen molar-refractivity contribution in [2.75, 3.05) is 5.75 Å². The number of pyridine rings is 1. The van der Waals surface area contributed by atoms with E-state index >= 15 is 0 Å². The molecule has 22 heavy (non-hydrogen) atoms. The average Bonchev–Trinajstić information content (AvgIpc) is 2.87. The van der Waals surface area contributed by atoms with E-state index in [4.69, 9.17) is 0 Å². The molecule has 0 saturated carbocycles. The third-order valence-corrected chi connectivity index (χ3v) is 4.51. The van der Waals surface area contributed by atoms with Gasteiger partial charge in [0.25, 0.3) is 0 Å². The largest absolute Gasteiger partial charge is 0.353 e. The summed E-state index contributed by atoms with van der Waals surface area (Å²) < 4.78 is 1.89. The summed E-state index contributed by atoms with van der Waals surface area (Å²) in [7, 11) is 1.90. The van der Waals surface area contributed by atoms with Gasteiger partial charge in [-0.2, -0.15) is 0 Å². The molecule has 2 aromatic heterocycles. The number of thioether (sulfide) groups is 1. The van der Waals surface area contributed by atoms with Crippen LogP contribution in [0.1, 0.15) is 20.8 Å². The molecule has 0 aromatic carbocycles. The van der Waals surface area contributed by atoms with E-state index in [1.807, 2.05) is 30.7 Å². The van der Waals surface area contributed by atoms with Crippen molar-refractivity contribution in [1.29, 1.82) is 0 Å². The Morgan fingerprint density at radius 3 is 2.59 bits per heavy atom. The standard InChI is InChI=1S/C15H21N5OS/c1-10(2)11(3)17-13(21)9-22-15-19-18-14(20(15)4)12-5-7-16-8-6-12/h5-8,10-11H,9H2,1-4H3,(H,17,21)/t11-/m0/s1. The summed E-state index contributed by atoms with van der Waals surface area (Å²) in [6, 6.07) is 3.94. The molecule has 0 aliphatic rings. The zero-order chi connectivity index (χ0) is 16.1. The molecule has 1 atom stereocenters. The molecule has 0 saturated heterocycles. The Labute approximate surface area is 134 Å². The van der Waals surface area contributed by atoms with Gasteiger partial charge in [0, 0.05) is 31.0 Å². The number of hydrogen-bond acceptors (Lipinski definition) is 5. The molecule has 7 heteroatoms. The Morgan fingerprint density at radius 1 is 1.27 bits per heavy atom. The summed E-state index contributed by atoms with van der Waals surface area (Å²) in [6.45, 7) is 6.18. The van der Waals surface area contributed by atoms with Crippen LogP contribution in [0.4, 0.5) is 0 Å². The molecule has 0 aliphatic heterocycles. The van der Waals surface area contributed by atoms with E-state index in [1.54, 1.807) is 12.4 Å². The van der Waals surface area contributed by atoms with Gasteiger partial charge < -0.3 is 9.88 Å². The van der Waals surface area contributed by atoms with E-state index in [0.717, 1.165) is 16.5 Å². The van der Waals surface area contributed by atoms with E-state index < -0.39 is 0 Å². The molecule has 0 radical (unpaired) electrons. The van der Waals surface area contributed by atoms with Crippen molar-refractivity contribution in [3.05, 3.63) is 24.5 Å². The molecule has 0 aliphatic carbocycles. The average molecular weight is 319 g/mol. The molecule has 2 heterocycles. The Kier molecular flexibility index (Phi) is 5.54. The van der Waals surface area contributed by atoms with E-state index in [0.29, 0.717) is 11.7 Å². The lowest BCUT2D eigenvalue weighted by atomic mass is 10.1. The highest BCUT2D eigenvalue weighted by atomic mass is 32.2. The molecule has 0 spiro atoms. The minimum absolute atomic E-state index is 0.0136. The third kappa shape index (κ3) is 4.07. The van der Waals surface area contributed by atoms with Crippen molar-refractivity contribution in [3.63, 3.8) is 0 Å². The summed E-state index contributed by atoms with van der Waals surface area (Å²) in [5.41, 5.74) is 0.953. The van der Waals surface area contributed by atoms with Crippen molar-refractivity contribution in [2.24, 2.45) is 13.0 Å². The molecule has 2 aromatic rings. The van der Waals surface area contributed by atoms with Crippen LogP contribution in [0.2, 0.25) is 0 Å². The van der Waals surface area contributed by atoms with E-state index in [-0.39, 0.29) is 11.9 Å². The zero-order valence-electron chi connectivity index (χ0n) is 13.3. The molecule has 0 fully saturated rings. The maximum Gasteiger partial charge on any atom is 0.230 e.